The Morgan fingerprint density at radius 2 is 1.96 bits per heavy atom. The Morgan fingerprint density at radius 1 is 1.25 bits per heavy atom. The summed E-state index contributed by atoms with van der Waals surface area (Å²) in [6.07, 6.45) is 1.06. The van der Waals surface area contributed by atoms with E-state index in [4.69, 9.17) is 10.5 Å². The highest BCUT2D eigenvalue weighted by Crippen LogP contribution is 2.22. The van der Waals surface area contributed by atoms with Gasteiger partial charge < -0.3 is 21.1 Å². The first-order chi connectivity index (χ1) is 11.3. The van der Waals surface area contributed by atoms with Crippen molar-refractivity contribution in [1.29, 1.82) is 0 Å². The van der Waals surface area contributed by atoms with Crippen LogP contribution in [0.1, 0.15) is 37.0 Å². The number of amides is 3. The Hall–Kier alpha value is -2.42. The first kappa shape index (κ1) is 19.6. The fraction of sp³-hybridized carbons (Fsp3) is 0.467. The van der Waals surface area contributed by atoms with Crippen LogP contribution in [-0.4, -0.2) is 36.8 Å². The normalized spacial score (nSPS) is 10.3. The van der Waals surface area contributed by atoms with Crippen molar-refractivity contribution in [2.24, 2.45) is 11.7 Å². The van der Waals surface area contributed by atoms with Gasteiger partial charge >= 0.3 is 5.97 Å². The van der Waals surface area contributed by atoms with Gasteiger partial charge in [0, 0.05) is 6.42 Å². The molecule has 1 aromatic heterocycles. The lowest BCUT2D eigenvalue weighted by Crippen LogP contribution is -2.32. The van der Waals surface area contributed by atoms with Crippen molar-refractivity contribution in [3.8, 4) is 0 Å². The lowest BCUT2D eigenvalue weighted by atomic mass is 10.1. The fourth-order valence-corrected chi connectivity index (χ4v) is 2.45. The molecule has 4 N–H and O–H groups in total. The molecule has 8 nitrogen and oxygen atoms in total. The predicted molar refractivity (Wildman–Crippen MR) is 89.5 cm³/mol. The average molecular weight is 355 g/mol. The van der Waals surface area contributed by atoms with E-state index in [-0.39, 0.29) is 18.0 Å². The summed E-state index contributed by atoms with van der Waals surface area (Å²) in [5.74, 6) is -1.82. The van der Waals surface area contributed by atoms with Gasteiger partial charge in [0.1, 0.15) is 11.5 Å². The van der Waals surface area contributed by atoms with Gasteiger partial charge in [0.05, 0.1) is 5.56 Å². The molecule has 1 aromatic rings. The molecule has 0 radical (unpaired) electrons. The number of nitrogens with one attached hydrogen (secondary N) is 2. The summed E-state index contributed by atoms with van der Waals surface area (Å²) < 4.78 is 4.75. The molecule has 0 aliphatic carbocycles. The number of ether oxygens (including phenoxy) is 1. The monoisotopic (exact) mass is 355 g/mol. The summed E-state index contributed by atoms with van der Waals surface area (Å²) in [5, 5.41) is 6.77. The number of carbonyl (C=O) groups is 4. The molecule has 0 aliphatic heterocycles. The number of hydrogen-bond donors (Lipinski definition) is 3. The van der Waals surface area contributed by atoms with Crippen LogP contribution >= 0.6 is 11.3 Å². The van der Waals surface area contributed by atoms with Crippen LogP contribution in [0.5, 0.6) is 0 Å². The summed E-state index contributed by atoms with van der Waals surface area (Å²) in [5.41, 5.74) is 5.35. The van der Waals surface area contributed by atoms with Crippen molar-refractivity contribution in [1.82, 2.24) is 5.32 Å². The minimum Gasteiger partial charge on any atom is -0.454 e. The maximum absolute atomic E-state index is 11.7. The largest absolute Gasteiger partial charge is 0.454 e. The molecule has 0 saturated heterocycles. The summed E-state index contributed by atoms with van der Waals surface area (Å²) in [6, 6.07) is 1.49. The number of primary amides is 1. The SMILES string of the molecule is CC(C)CCC(=O)NCC(=O)OCC(=O)Nc1sccc1C(N)=O. The Kier molecular flexibility index (Phi) is 7.90. The van der Waals surface area contributed by atoms with Gasteiger partial charge in [-0.3, -0.25) is 19.2 Å². The lowest BCUT2D eigenvalue weighted by molar-refractivity contribution is -0.147. The second kappa shape index (κ2) is 9.66. The van der Waals surface area contributed by atoms with Crippen LogP contribution in [0.3, 0.4) is 0 Å². The number of carbonyl (C=O) groups excluding carboxylic acids is 4. The van der Waals surface area contributed by atoms with Gasteiger partial charge in [-0.1, -0.05) is 13.8 Å². The number of anilines is 1. The molecule has 1 heterocycles. The van der Waals surface area contributed by atoms with Gasteiger partial charge in [0.25, 0.3) is 11.8 Å². The molecule has 24 heavy (non-hydrogen) atoms. The molecule has 0 aromatic carbocycles. The Bertz CT molecular complexity index is 612. The Labute approximate surface area is 143 Å². The number of hydrogen-bond acceptors (Lipinski definition) is 6. The minimum absolute atomic E-state index is 0.192. The van der Waals surface area contributed by atoms with Gasteiger partial charge in [-0.15, -0.1) is 11.3 Å². The first-order valence-corrected chi connectivity index (χ1v) is 8.27. The average Bonchev–Trinajstić information content (AvgIpc) is 2.97. The van der Waals surface area contributed by atoms with E-state index >= 15 is 0 Å². The molecule has 1 rings (SSSR count). The zero-order valence-electron chi connectivity index (χ0n) is 13.6. The van der Waals surface area contributed by atoms with E-state index in [2.05, 4.69) is 10.6 Å². The van der Waals surface area contributed by atoms with Crippen molar-refractivity contribution >= 4 is 40.0 Å². The molecule has 0 spiro atoms. The molecular formula is C15H21N3O5S. The maximum Gasteiger partial charge on any atom is 0.325 e. The third-order valence-corrected chi connectivity index (χ3v) is 3.76. The summed E-state index contributed by atoms with van der Waals surface area (Å²) in [7, 11) is 0. The summed E-state index contributed by atoms with van der Waals surface area (Å²) in [6.45, 7) is 3.18. The second-order valence-corrected chi connectivity index (χ2v) is 6.36. The minimum atomic E-state index is -0.718. The third-order valence-electron chi connectivity index (χ3n) is 2.93. The van der Waals surface area contributed by atoms with E-state index in [9.17, 15) is 19.2 Å². The molecule has 0 aliphatic rings. The highest BCUT2D eigenvalue weighted by Gasteiger charge is 2.14. The van der Waals surface area contributed by atoms with Crippen molar-refractivity contribution in [3.05, 3.63) is 17.0 Å². The van der Waals surface area contributed by atoms with E-state index in [0.717, 1.165) is 17.8 Å². The van der Waals surface area contributed by atoms with Gasteiger partial charge in [0.15, 0.2) is 6.61 Å². The standard InChI is InChI=1S/C15H21N3O5S/c1-9(2)3-4-11(19)17-7-13(21)23-8-12(20)18-15-10(14(16)22)5-6-24-15/h5-6,9H,3-4,7-8H2,1-2H3,(H2,16,22)(H,17,19)(H,18,20). The van der Waals surface area contributed by atoms with Crippen LogP contribution in [0.4, 0.5) is 5.00 Å². The first-order valence-electron chi connectivity index (χ1n) is 7.39. The highest BCUT2D eigenvalue weighted by molar-refractivity contribution is 7.14. The third kappa shape index (κ3) is 7.23. The van der Waals surface area contributed by atoms with E-state index < -0.39 is 24.4 Å². The predicted octanol–water partition coefficient (Wildman–Crippen LogP) is 0.881. The molecule has 9 heteroatoms. The number of nitrogens with two attached hydrogens (primary N) is 1. The van der Waals surface area contributed by atoms with Crippen LogP contribution in [0.2, 0.25) is 0 Å². The highest BCUT2D eigenvalue weighted by atomic mass is 32.1. The smallest absolute Gasteiger partial charge is 0.325 e. The van der Waals surface area contributed by atoms with Crippen LogP contribution in [0.15, 0.2) is 11.4 Å². The molecule has 3 amide bonds. The second-order valence-electron chi connectivity index (χ2n) is 5.45. The van der Waals surface area contributed by atoms with Crippen LogP contribution in [0, 0.1) is 5.92 Å². The van der Waals surface area contributed by atoms with E-state index in [1.54, 1.807) is 5.38 Å². The Morgan fingerprint density at radius 3 is 2.58 bits per heavy atom. The molecule has 0 unspecified atom stereocenters. The fourth-order valence-electron chi connectivity index (χ4n) is 1.64. The molecule has 132 valence electrons. The molecule has 0 saturated carbocycles. The number of esters is 1. The van der Waals surface area contributed by atoms with E-state index in [0.29, 0.717) is 17.3 Å². The van der Waals surface area contributed by atoms with Crippen molar-refractivity contribution in [2.75, 3.05) is 18.5 Å². The van der Waals surface area contributed by atoms with Crippen LogP contribution in [0.25, 0.3) is 0 Å². The van der Waals surface area contributed by atoms with E-state index in [1.807, 2.05) is 13.8 Å². The van der Waals surface area contributed by atoms with Gasteiger partial charge in [0.2, 0.25) is 5.91 Å². The maximum atomic E-state index is 11.7. The number of thiophene rings is 1. The quantitative estimate of drug-likeness (QED) is 0.567. The van der Waals surface area contributed by atoms with Crippen molar-refractivity contribution in [3.63, 3.8) is 0 Å². The zero-order valence-corrected chi connectivity index (χ0v) is 14.4. The lowest BCUT2D eigenvalue weighted by Gasteiger charge is -2.08. The van der Waals surface area contributed by atoms with Gasteiger partial charge in [-0.05, 0) is 23.8 Å². The summed E-state index contributed by atoms with van der Waals surface area (Å²) >= 11 is 1.13. The molecule has 0 bridgehead atoms. The van der Waals surface area contributed by atoms with Gasteiger partial charge in [-0.25, -0.2) is 0 Å². The van der Waals surface area contributed by atoms with E-state index in [1.165, 1.54) is 6.07 Å². The summed E-state index contributed by atoms with van der Waals surface area (Å²) in [4.78, 5) is 45.8. The molecular weight excluding hydrogens is 334 g/mol. The van der Waals surface area contributed by atoms with Crippen molar-refractivity contribution < 1.29 is 23.9 Å². The van der Waals surface area contributed by atoms with Gasteiger partial charge in [-0.2, -0.15) is 0 Å². The Balaban J connectivity index is 2.29. The zero-order chi connectivity index (χ0) is 18.1. The van der Waals surface area contributed by atoms with Crippen molar-refractivity contribution in [2.45, 2.75) is 26.7 Å². The van der Waals surface area contributed by atoms with Crippen LogP contribution in [-0.2, 0) is 19.1 Å². The number of rotatable bonds is 9. The topological polar surface area (TPSA) is 128 Å². The molecule has 0 atom stereocenters. The van der Waals surface area contributed by atoms with Crippen LogP contribution < -0.4 is 16.4 Å². The molecule has 0 fully saturated rings.